The van der Waals surface area contributed by atoms with Crippen molar-refractivity contribution in [1.29, 1.82) is 0 Å². The molecule has 0 aliphatic carbocycles. The fourth-order valence-corrected chi connectivity index (χ4v) is 2.61. The van der Waals surface area contributed by atoms with Crippen LogP contribution in [0.2, 0.25) is 0 Å². The maximum Gasteiger partial charge on any atom is 0.318 e. The Labute approximate surface area is 123 Å². The van der Waals surface area contributed by atoms with Gasteiger partial charge in [0.05, 0.1) is 12.2 Å². The van der Waals surface area contributed by atoms with Crippen molar-refractivity contribution in [2.24, 2.45) is 5.92 Å². The molecule has 0 spiro atoms. The van der Waals surface area contributed by atoms with E-state index in [1.807, 2.05) is 11.8 Å². The van der Waals surface area contributed by atoms with Crippen LogP contribution in [0, 0.1) is 12.8 Å². The smallest absolute Gasteiger partial charge is 0.318 e. The summed E-state index contributed by atoms with van der Waals surface area (Å²) in [5, 5.41) is 0.310. The van der Waals surface area contributed by atoms with Crippen molar-refractivity contribution in [2.45, 2.75) is 25.8 Å². The molecule has 6 nitrogen and oxygen atoms in total. The highest BCUT2D eigenvalue weighted by Crippen LogP contribution is 2.31. The molecular weight excluding hydrogens is 278 g/mol. The maximum atomic E-state index is 12.5. The van der Waals surface area contributed by atoms with Gasteiger partial charge in [0, 0.05) is 13.1 Å². The van der Waals surface area contributed by atoms with Crippen LogP contribution in [-0.4, -0.2) is 41.4 Å². The first-order valence-corrected chi connectivity index (χ1v) is 6.97. The second kappa shape index (κ2) is 5.78. The minimum atomic E-state index is -0.834. The molecule has 0 bridgehead atoms. The third-order valence-electron chi connectivity index (χ3n) is 3.20. The molecule has 0 aromatic carbocycles. The van der Waals surface area contributed by atoms with Gasteiger partial charge in [0.15, 0.2) is 5.78 Å². The number of anilines is 1. The summed E-state index contributed by atoms with van der Waals surface area (Å²) in [6, 6.07) is 0. The number of esters is 1. The van der Waals surface area contributed by atoms with Crippen LogP contribution < -0.4 is 4.90 Å². The van der Waals surface area contributed by atoms with Crippen molar-refractivity contribution in [3.05, 3.63) is 11.4 Å². The van der Waals surface area contributed by atoms with Gasteiger partial charge in [-0.1, -0.05) is 0 Å². The Hall–Kier alpha value is -1.63. The van der Waals surface area contributed by atoms with E-state index in [0.717, 1.165) is 0 Å². The molecular formula is C13H17N3O3S. The number of rotatable bonds is 3. The largest absolute Gasteiger partial charge is 0.465 e. The topological polar surface area (TPSA) is 72.4 Å². The SMILES string of the molecule is CCOC(=O)C1CN(CC)c2nc(C)nc(S)c2C1=O. The summed E-state index contributed by atoms with van der Waals surface area (Å²) in [5.74, 6) is -0.548. The van der Waals surface area contributed by atoms with Gasteiger partial charge in [-0.05, 0) is 20.8 Å². The van der Waals surface area contributed by atoms with Crippen molar-refractivity contribution >= 4 is 30.2 Å². The van der Waals surface area contributed by atoms with Crippen molar-refractivity contribution < 1.29 is 14.3 Å². The van der Waals surface area contributed by atoms with E-state index < -0.39 is 11.9 Å². The molecule has 0 fully saturated rings. The zero-order chi connectivity index (χ0) is 14.9. The third kappa shape index (κ3) is 2.49. The van der Waals surface area contributed by atoms with Crippen molar-refractivity contribution in [3.8, 4) is 0 Å². The third-order valence-corrected chi connectivity index (χ3v) is 3.52. The molecule has 7 heteroatoms. The van der Waals surface area contributed by atoms with Gasteiger partial charge in [0.25, 0.3) is 0 Å². The Bertz CT molecular complexity index is 562. The highest BCUT2D eigenvalue weighted by molar-refractivity contribution is 7.80. The number of carbonyl (C=O) groups excluding carboxylic acids is 2. The van der Waals surface area contributed by atoms with Gasteiger partial charge in [-0.3, -0.25) is 9.59 Å². The zero-order valence-electron chi connectivity index (χ0n) is 11.7. The van der Waals surface area contributed by atoms with Crippen LogP contribution in [0.4, 0.5) is 5.82 Å². The van der Waals surface area contributed by atoms with Gasteiger partial charge in [-0.2, -0.15) is 0 Å². The average molecular weight is 295 g/mol. The number of hydrogen-bond donors (Lipinski definition) is 1. The van der Waals surface area contributed by atoms with Crippen LogP contribution in [-0.2, 0) is 9.53 Å². The van der Waals surface area contributed by atoms with Crippen molar-refractivity contribution in [2.75, 3.05) is 24.6 Å². The molecule has 108 valence electrons. The van der Waals surface area contributed by atoms with Crippen LogP contribution >= 0.6 is 12.6 Å². The second-order valence-electron chi connectivity index (χ2n) is 4.50. The van der Waals surface area contributed by atoms with E-state index in [9.17, 15) is 9.59 Å². The molecule has 0 amide bonds. The summed E-state index contributed by atoms with van der Waals surface area (Å²) in [6.45, 7) is 6.57. The number of carbonyl (C=O) groups is 2. The van der Waals surface area contributed by atoms with Crippen molar-refractivity contribution in [1.82, 2.24) is 9.97 Å². The number of aromatic nitrogens is 2. The normalized spacial score (nSPS) is 17.9. The number of Topliss-reactive ketones (excluding diaryl/α,β-unsaturated/α-hetero) is 1. The highest BCUT2D eigenvalue weighted by Gasteiger charge is 2.39. The summed E-state index contributed by atoms with van der Waals surface area (Å²) in [4.78, 5) is 34.7. The summed E-state index contributed by atoms with van der Waals surface area (Å²) in [6.07, 6.45) is 0. The molecule has 0 N–H and O–H groups in total. The Morgan fingerprint density at radius 1 is 1.45 bits per heavy atom. The predicted octanol–water partition coefficient (Wildman–Crippen LogP) is 1.28. The molecule has 1 unspecified atom stereocenters. The maximum absolute atomic E-state index is 12.5. The Morgan fingerprint density at radius 2 is 2.15 bits per heavy atom. The first-order valence-electron chi connectivity index (χ1n) is 6.52. The lowest BCUT2D eigenvalue weighted by atomic mass is 9.94. The minimum absolute atomic E-state index is 0.250. The van der Waals surface area contributed by atoms with Crippen LogP contribution in [0.25, 0.3) is 0 Å². The lowest BCUT2D eigenvalue weighted by molar-refractivity contribution is -0.145. The number of ketones is 1. The van der Waals surface area contributed by atoms with E-state index in [1.165, 1.54) is 0 Å². The van der Waals surface area contributed by atoms with Gasteiger partial charge >= 0.3 is 5.97 Å². The Kier molecular flexibility index (Phi) is 4.27. The fourth-order valence-electron chi connectivity index (χ4n) is 2.26. The van der Waals surface area contributed by atoms with Crippen LogP contribution in [0.1, 0.15) is 30.0 Å². The first-order chi connectivity index (χ1) is 9.49. The highest BCUT2D eigenvalue weighted by atomic mass is 32.1. The van der Waals surface area contributed by atoms with Crippen molar-refractivity contribution in [3.63, 3.8) is 0 Å². The predicted molar refractivity (Wildman–Crippen MR) is 76.4 cm³/mol. The Balaban J connectivity index is 2.48. The standard InChI is InChI=1S/C13H17N3O3S/c1-4-16-6-8(13(18)19-5-2)10(17)9-11(16)14-7(3)15-12(9)20/h8H,4-6H2,1-3H3,(H,14,15,20). The number of fused-ring (bicyclic) bond motifs is 1. The van der Waals surface area contributed by atoms with E-state index in [-0.39, 0.29) is 18.9 Å². The first kappa shape index (κ1) is 14.8. The van der Waals surface area contributed by atoms with E-state index in [0.29, 0.717) is 28.8 Å². The van der Waals surface area contributed by atoms with Crippen LogP contribution in [0.5, 0.6) is 0 Å². The zero-order valence-corrected chi connectivity index (χ0v) is 12.6. The summed E-state index contributed by atoms with van der Waals surface area (Å²) >= 11 is 4.25. The molecule has 1 aliphatic heterocycles. The molecule has 1 aromatic rings. The molecule has 0 saturated carbocycles. The molecule has 2 heterocycles. The number of hydrogen-bond acceptors (Lipinski definition) is 7. The van der Waals surface area contributed by atoms with Crippen LogP contribution in [0.15, 0.2) is 5.03 Å². The molecule has 1 aromatic heterocycles. The number of nitrogens with zero attached hydrogens (tertiary/aromatic N) is 3. The van der Waals surface area contributed by atoms with E-state index in [4.69, 9.17) is 4.74 Å². The molecule has 0 radical (unpaired) electrons. The van der Waals surface area contributed by atoms with Gasteiger partial charge in [-0.15, -0.1) is 12.6 Å². The monoisotopic (exact) mass is 295 g/mol. The Morgan fingerprint density at radius 3 is 2.75 bits per heavy atom. The molecule has 20 heavy (non-hydrogen) atoms. The lowest BCUT2D eigenvalue weighted by Gasteiger charge is -2.32. The summed E-state index contributed by atoms with van der Waals surface area (Å²) in [7, 11) is 0. The van der Waals surface area contributed by atoms with Gasteiger partial charge < -0.3 is 9.64 Å². The minimum Gasteiger partial charge on any atom is -0.465 e. The van der Waals surface area contributed by atoms with E-state index in [1.54, 1.807) is 13.8 Å². The van der Waals surface area contributed by atoms with E-state index in [2.05, 4.69) is 22.6 Å². The molecule has 2 rings (SSSR count). The second-order valence-corrected chi connectivity index (χ2v) is 4.92. The number of thiol groups is 1. The summed E-state index contributed by atoms with van der Waals surface area (Å²) in [5.41, 5.74) is 0.310. The lowest BCUT2D eigenvalue weighted by Crippen LogP contribution is -2.44. The van der Waals surface area contributed by atoms with Gasteiger partial charge in [0.2, 0.25) is 0 Å². The molecule has 1 aliphatic rings. The average Bonchev–Trinajstić information content (AvgIpc) is 2.38. The van der Waals surface area contributed by atoms with E-state index >= 15 is 0 Å². The molecule has 1 atom stereocenters. The number of aryl methyl sites for hydroxylation is 1. The summed E-state index contributed by atoms with van der Waals surface area (Å²) < 4.78 is 4.97. The number of ether oxygens (including phenoxy) is 1. The van der Waals surface area contributed by atoms with Gasteiger partial charge in [0.1, 0.15) is 22.6 Å². The van der Waals surface area contributed by atoms with Gasteiger partial charge in [-0.25, -0.2) is 9.97 Å². The fraction of sp³-hybridized carbons (Fsp3) is 0.538. The quantitative estimate of drug-likeness (QED) is 0.392. The molecule has 0 saturated heterocycles. The van der Waals surface area contributed by atoms with Crippen LogP contribution in [0.3, 0.4) is 0 Å².